The predicted molar refractivity (Wildman–Crippen MR) is 88.6 cm³/mol. The first-order chi connectivity index (χ1) is 11.4. The van der Waals surface area contributed by atoms with Gasteiger partial charge in [0.15, 0.2) is 18.1 Å². The van der Waals surface area contributed by atoms with E-state index in [1.54, 1.807) is 19.9 Å². The number of carbonyl (C=O) groups excluding carboxylic acids is 1. The Bertz CT molecular complexity index is 761. The molecule has 0 fully saturated rings. The highest BCUT2D eigenvalue weighted by molar-refractivity contribution is 5.71. The summed E-state index contributed by atoms with van der Waals surface area (Å²) in [6, 6.07) is 13.1. The number of ether oxygens (including phenoxy) is 3. The van der Waals surface area contributed by atoms with Crippen molar-refractivity contribution in [3.63, 3.8) is 0 Å². The molecule has 5 nitrogen and oxygen atoms in total. The molecule has 3 rings (SSSR count). The molecule has 0 aliphatic carbocycles. The molecule has 24 heavy (non-hydrogen) atoms. The van der Waals surface area contributed by atoms with Gasteiger partial charge in [0.05, 0.1) is 12.7 Å². The van der Waals surface area contributed by atoms with Gasteiger partial charge in [-0.2, -0.15) is 0 Å². The summed E-state index contributed by atoms with van der Waals surface area (Å²) in [4.78, 5) is 11.3. The number of aliphatic hydroxyl groups is 1. The van der Waals surface area contributed by atoms with Gasteiger partial charge in [-0.3, -0.25) is 0 Å². The summed E-state index contributed by atoms with van der Waals surface area (Å²) >= 11 is 0. The van der Waals surface area contributed by atoms with E-state index in [-0.39, 0.29) is 12.5 Å². The third kappa shape index (κ3) is 2.95. The Hall–Kier alpha value is -2.53. The number of para-hydroxylation sites is 2. The molecule has 0 spiro atoms. The lowest BCUT2D eigenvalue weighted by atomic mass is 9.77. The van der Waals surface area contributed by atoms with Gasteiger partial charge in [0.25, 0.3) is 0 Å². The molecule has 2 aromatic carbocycles. The molecule has 0 bridgehead atoms. The minimum atomic E-state index is -0.990. The molecule has 0 radical (unpaired) electrons. The van der Waals surface area contributed by atoms with E-state index in [0.717, 1.165) is 11.1 Å². The van der Waals surface area contributed by atoms with Crippen LogP contribution in [0.4, 0.5) is 0 Å². The number of hydrogen-bond acceptors (Lipinski definition) is 5. The lowest BCUT2D eigenvalue weighted by molar-refractivity contribution is -0.142. The number of methoxy groups -OCH3 is 1. The van der Waals surface area contributed by atoms with Crippen LogP contribution in [-0.4, -0.2) is 30.4 Å². The predicted octanol–water partition coefficient (Wildman–Crippen LogP) is 3.25. The zero-order valence-corrected chi connectivity index (χ0v) is 13.9. The molecule has 5 heteroatoms. The van der Waals surface area contributed by atoms with Gasteiger partial charge in [0.1, 0.15) is 5.75 Å². The first kappa shape index (κ1) is 16.3. The monoisotopic (exact) mass is 328 g/mol. The second-order valence-electron chi connectivity index (χ2n) is 6.27. The first-order valence-electron chi connectivity index (χ1n) is 7.73. The van der Waals surface area contributed by atoms with E-state index in [1.165, 1.54) is 7.11 Å². The fourth-order valence-corrected chi connectivity index (χ4v) is 3.03. The highest BCUT2D eigenvalue weighted by Gasteiger charge is 2.38. The van der Waals surface area contributed by atoms with Crippen molar-refractivity contribution in [1.82, 2.24) is 0 Å². The molecule has 1 aliphatic rings. The lowest BCUT2D eigenvalue weighted by Crippen LogP contribution is -2.32. The van der Waals surface area contributed by atoms with Gasteiger partial charge in [-0.25, -0.2) is 4.79 Å². The van der Waals surface area contributed by atoms with E-state index < -0.39 is 11.6 Å². The van der Waals surface area contributed by atoms with E-state index in [2.05, 4.69) is 4.74 Å². The van der Waals surface area contributed by atoms with E-state index in [9.17, 15) is 9.90 Å². The summed E-state index contributed by atoms with van der Waals surface area (Å²) in [5.74, 6) is 0.905. The number of benzene rings is 2. The smallest absolute Gasteiger partial charge is 0.343 e. The quantitative estimate of drug-likeness (QED) is 0.873. The van der Waals surface area contributed by atoms with Crippen LogP contribution >= 0.6 is 0 Å². The summed E-state index contributed by atoms with van der Waals surface area (Å²) in [5, 5.41) is 10.7. The fraction of sp³-hybridized carbons (Fsp3) is 0.316. The molecule has 1 aliphatic heterocycles. The van der Waals surface area contributed by atoms with Crippen molar-refractivity contribution in [2.45, 2.75) is 25.4 Å². The van der Waals surface area contributed by atoms with E-state index in [1.807, 2.05) is 36.4 Å². The molecular weight excluding hydrogens is 308 g/mol. The van der Waals surface area contributed by atoms with Crippen molar-refractivity contribution >= 4 is 5.97 Å². The van der Waals surface area contributed by atoms with Crippen molar-refractivity contribution in [1.29, 1.82) is 0 Å². The summed E-state index contributed by atoms with van der Waals surface area (Å²) in [5.41, 5.74) is 0.751. The number of carbonyl (C=O) groups is 1. The largest absolute Gasteiger partial charge is 0.478 e. The Kier molecular flexibility index (Phi) is 4.20. The van der Waals surface area contributed by atoms with Gasteiger partial charge in [-0.05, 0) is 26.0 Å². The van der Waals surface area contributed by atoms with E-state index in [4.69, 9.17) is 9.47 Å². The van der Waals surface area contributed by atoms with Crippen LogP contribution in [0.2, 0.25) is 0 Å². The minimum Gasteiger partial charge on any atom is -0.478 e. The Morgan fingerprint density at radius 3 is 2.58 bits per heavy atom. The Balaban J connectivity index is 2.06. The summed E-state index contributed by atoms with van der Waals surface area (Å²) in [7, 11) is 1.31. The van der Waals surface area contributed by atoms with Gasteiger partial charge in [-0.15, -0.1) is 0 Å². The van der Waals surface area contributed by atoms with E-state index in [0.29, 0.717) is 17.2 Å². The molecule has 126 valence electrons. The maximum atomic E-state index is 11.3. The molecule has 0 saturated heterocycles. The van der Waals surface area contributed by atoms with Crippen LogP contribution in [-0.2, 0) is 9.53 Å². The second-order valence-corrected chi connectivity index (χ2v) is 6.27. The third-order valence-electron chi connectivity index (χ3n) is 4.04. The Morgan fingerprint density at radius 2 is 1.88 bits per heavy atom. The maximum Gasteiger partial charge on any atom is 0.343 e. The number of fused-ring (bicyclic) bond motifs is 2. The molecule has 1 unspecified atom stereocenters. The van der Waals surface area contributed by atoms with Gasteiger partial charge >= 0.3 is 5.97 Å². The molecular formula is C19H20O5. The topological polar surface area (TPSA) is 65.0 Å². The first-order valence-corrected chi connectivity index (χ1v) is 7.73. The summed E-state index contributed by atoms with van der Waals surface area (Å²) < 4.78 is 16.2. The Labute approximate surface area is 140 Å². The molecule has 1 N–H and O–H groups in total. The average Bonchev–Trinajstić information content (AvgIpc) is 2.56. The molecule has 0 saturated carbocycles. The van der Waals surface area contributed by atoms with Crippen LogP contribution in [0.25, 0.3) is 0 Å². The zero-order valence-electron chi connectivity index (χ0n) is 13.9. The highest BCUT2D eigenvalue weighted by atomic mass is 16.6. The molecule has 1 heterocycles. The van der Waals surface area contributed by atoms with Crippen LogP contribution in [0.15, 0.2) is 42.5 Å². The van der Waals surface area contributed by atoms with Crippen molar-refractivity contribution in [3.05, 3.63) is 53.6 Å². The number of rotatable bonds is 4. The normalized spacial score (nSPS) is 15.8. The number of esters is 1. The standard InChI is InChI=1S/C19H20O5/c1-19(2,21)17-12-7-4-5-9-14(12)24-18-13(17)8-6-10-15(18)23-11-16(20)22-3/h4-10,17,21H,11H2,1-3H3. The summed E-state index contributed by atoms with van der Waals surface area (Å²) in [6.07, 6.45) is 0. The SMILES string of the molecule is COC(=O)COc1cccc2c1Oc1ccccc1C2C(C)(C)O. The van der Waals surface area contributed by atoms with E-state index >= 15 is 0 Å². The third-order valence-corrected chi connectivity index (χ3v) is 4.04. The van der Waals surface area contributed by atoms with Crippen molar-refractivity contribution < 1.29 is 24.1 Å². The lowest BCUT2D eigenvalue weighted by Gasteiger charge is -2.36. The van der Waals surface area contributed by atoms with Crippen molar-refractivity contribution in [3.8, 4) is 17.2 Å². The Morgan fingerprint density at radius 1 is 1.17 bits per heavy atom. The van der Waals surface area contributed by atoms with Crippen LogP contribution in [0, 0.1) is 0 Å². The summed E-state index contributed by atoms with van der Waals surface area (Å²) in [6.45, 7) is 3.34. The van der Waals surface area contributed by atoms with Crippen LogP contribution in [0.5, 0.6) is 17.2 Å². The van der Waals surface area contributed by atoms with Gasteiger partial charge in [0, 0.05) is 17.0 Å². The highest BCUT2D eigenvalue weighted by Crippen LogP contribution is 2.51. The molecule has 0 aromatic heterocycles. The molecule has 0 amide bonds. The van der Waals surface area contributed by atoms with Crippen molar-refractivity contribution in [2.24, 2.45) is 0 Å². The number of hydrogen-bond donors (Lipinski definition) is 1. The molecule has 2 aromatic rings. The van der Waals surface area contributed by atoms with Gasteiger partial charge < -0.3 is 19.3 Å². The fourth-order valence-electron chi connectivity index (χ4n) is 3.03. The van der Waals surface area contributed by atoms with Gasteiger partial charge in [-0.1, -0.05) is 30.3 Å². The van der Waals surface area contributed by atoms with Crippen LogP contribution in [0.3, 0.4) is 0 Å². The molecule has 1 atom stereocenters. The van der Waals surface area contributed by atoms with Crippen molar-refractivity contribution in [2.75, 3.05) is 13.7 Å². The zero-order chi connectivity index (χ0) is 17.3. The van der Waals surface area contributed by atoms with Gasteiger partial charge in [0.2, 0.25) is 0 Å². The van der Waals surface area contributed by atoms with Crippen LogP contribution < -0.4 is 9.47 Å². The van der Waals surface area contributed by atoms with Crippen LogP contribution in [0.1, 0.15) is 30.9 Å². The second kappa shape index (κ2) is 6.17. The average molecular weight is 328 g/mol. The minimum absolute atomic E-state index is 0.203. The maximum absolute atomic E-state index is 11.3.